The van der Waals surface area contributed by atoms with Gasteiger partial charge in [-0.3, -0.25) is 9.56 Å². The molecule has 172 valence electrons. The zero-order valence-corrected chi connectivity index (χ0v) is 20.7. The molecule has 0 aliphatic rings. The maximum atomic E-state index is 5.96. The third-order valence-electron chi connectivity index (χ3n) is 5.49. The first kappa shape index (κ1) is 23.1. The molecule has 0 N–H and O–H groups in total. The van der Waals surface area contributed by atoms with Crippen molar-refractivity contribution in [3.05, 3.63) is 125 Å². The zero-order valence-electron chi connectivity index (χ0n) is 19.2. The van der Waals surface area contributed by atoms with Crippen molar-refractivity contribution in [3.8, 4) is 17.1 Å². The molecule has 35 heavy (non-hydrogen) atoms. The van der Waals surface area contributed by atoms with Gasteiger partial charge in [-0.05, 0) is 66.6 Å². The van der Waals surface area contributed by atoms with E-state index in [2.05, 4.69) is 75.2 Å². The Morgan fingerprint density at radius 2 is 1.54 bits per heavy atom. The molecule has 0 aliphatic carbocycles. The predicted octanol–water partition coefficient (Wildman–Crippen LogP) is 7.94. The average molecular weight is 495 g/mol. The number of aromatic nitrogens is 3. The lowest BCUT2D eigenvalue weighted by Gasteiger charge is -2.11. The summed E-state index contributed by atoms with van der Waals surface area (Å²) >= 11 is 7.64. The molecule has 1 aromatic heterocycles. The van der Waals surface area contributed by atoms with Gasteiger partial charge < -0.3 is 0 Å². The molecule has 0 unspecified atom stereocenters. The molecule has 5 aromatic rings. The van der Waals surface area contributed by atoms with E-state index in [1.165, 1.54) is 11.1 Å². The quantitative estimate of drug-likeness (QED) is 0.170. The maximum Gasteiger partial charge on any atom is 0.196 e. The van der Waals surface area contributed by atoms with Gasteiger partial charge in [0.25, 0.3) is 0 Å². The molecule has 0 bridgehead atoms. The summed E-state index contributed by atoms with van der Waals surface area (Å²) in [4.78, 5) is 4.58. The van der Waals surface area contributed by atoms with Crippen molar-refractivity contribution < 1.29 is 0 Å². The molecular weight excluding hydrogens is 472 g/mol. The minimum Gasteiger partial charge on any atom is -0.270 e. The Labute approximate surface area is 214 Å². The minimum atomic E-state index is 0.713. The van der Waals surface area contributed by atoms with E-state index in [4.69, 9.17) is 11.6 Å². The van der Waals surface area contributed by atoms with Crippen LogP contribution in [0.15, 0.2) is 113 Å². The van der Waals surface area contributed by atoms with Gasteiger partial charge in [-0.15, -0.1) is 10.2 Å². The number of hydrogen-bond donors (Lipinski definition) is 0. The van der Waals surface area contributed by atoms with E-state index in [1.54, 1.807) is 11.8 Å². The first-order chi connectivity index (χ1) is 17.2. The fourth-order valence-corrected chi connectivity index (χ4v) is 4.63. The first-order valence-electron chi connectivity index (χ1n) is 11.2. The molecule has 0 fully saturated rings. The number of halogens is 1. The third-order valence-corrected chi connectivity index (χ3v) is 6.75. The van der Waals surface area contributed by atoms with Gasteiger partial charge in [-0.2, -0.15) is 0 Å². The van der Waals surface area contributed by atoms with Crippen molar-refractivity contribution in [3.63, 3.8) is 0 Å². The van der Waals surface area contributed by atoms with Crippen molar-refractivity contribution in [2.24, 2.45) is 4.99 Å². The molecule has 0 aliphatic heterocycles. The van der Waals surface area contributed by atoms with Gasteiger partial charge in [0.2, 0.25) is 0 Å². The smallest absolute Gasteiger partial charge is 0.196 e. The Balaban J connectivity index is 1.43. The van der Waals surface area contributed by atoms with Crippen molar-refractivity contribution in [2.75, 3.05) is 0 Å². The highest BCUT2D eigenvalue weighted by Crippen LogP contribution is 2.30. The van der Waals surface area contributed by atoms with Crippen LogP contribution in [-0.2, 0) is 5.75 Å². The normalized spacial score (nSPS) is 11.3. The summed E-state index contributed by atoms with van der Waals surface area (Å²) in [6, 6.07) is 34.5. The van der Waals surface area contributed by atoms with Crippen molar-refractivity contribution >= 4 is 35.3 Å². The molecule has 4 nitrogen and oxygen atoms in total. The second kappa shape index (κ2) is 10.7. The standard InChI is InChI=1S/C29H23ClN4S/c1-21-7-17-27(18-8-21)34-28(32-33-29(34)35-20-23-5-3-2-4-6-23)24-11-15-26(16-12-24)31-19-22-9-13-25(30)14-10-22/h2-19H,20H2,1H3. The second-order valence-corrected chi connectivity index (χ2v) is 9.49. The van der Waals surface area contributed by atoms with Crippen LogP contribution in [0, 0.1) is 6.92 Å². The van der Waals surface area contributed by atoms with Crippen LogP contribution in [0.3, 0.4) is 0 Å². The summed E-state index contributed by atoms with van der Waals surface area (Å²) in [5.74, 6) is 1.63. The molecule has 0 atom stereocenters. The number of benzene rings is 4. The van der Waals surface area contributed by atoms with Gasteiger partial charge in [0, 0.05) is 28.2 Å². The largest absolute Gasteiger partial charge is 0.270 e. The Morgan fingerprint density at radius 3 is 2.26 bits per heavy atom. The number of aryl methyl sites for hydroxylation is 1. The number of nitrogens with zero attached hydrogens (tertiary/aromatic N) is 4. The molecule has 4 aromatic carbocycles. The van der Waals surface area contributed by atoms with Crippen LogP contribution in [-0.4, -0.2) is 21.0 Å². The maximum absolute atomic E-state index is 5.96. The van der Waals surface area contributed by atoms with E-state index < -0.39 is 0 Å². The van der Waals surface area contributed by atoms with E-state index in [-0.39, 0.29) is 0 Å². The monoisotopic (exact) mass is 494 g/mol. The van der Waals surface area contributed by atoms with E-state index >= 15 is 0 Å². The van der Waals surface area contributed by atoms with Crippen LogP contribution in [0.4, 0.5) is 5.69 Å². The fourth-order valence-electron chi connectivity index (χ4n) is 3.59. The summed E-state index contributed by atoms with van der Waals surface area (Å²) < 4.78 is 2.12. The fraction of sp³-hybridized carbons (Fsp3) is 0.0690. The van der Waals surface area contributed by atoms with E-state index in [9.17, 15) is 0 Å². The number of thioether (sulfide) groups is 1. The number of rotatable bonds is 7. The van der Waals surface area contributed by atoms with E-state index in [0.717, 1.165) is 39.2 Å². The molecular formula is C29H23ClN4S. The van der Waals surface area contributed by atoms with E-state index in [1.807, 2.05) is 60.8 Å². The molecule has 0 saturated carbocycles. The topological polar surface area (TPSA) is 43.1 Å². The molecule has 0 spiro atoms. The third kappa shape index (κ3) is 5.70. The Morgan fingerprint density at radius 1 is 0.829 bits per heavy atom. The highest BCUT2D eigenvalue weighted by atomic mass is 35.5. The highest BCUT2D eigenvalue weighted by molar-refractivity contribution is 7.98. The van der Waals surface area contributed by atoms with Gasteiger partial charge in [-0.25, -0.2) is 0 Å². The molecule has 0 radical (unpaired) electrons. The summed E-state index contributed by atoms with van der Waals surface area (Å²) in [5, 5.41) is 10.7. The Bertz CT molecular complexity index is 1430. The van der Waals surface area contributed by atoms with Crippen LogP contribution < -0.4 is 0 Å². The Kier molecular flexibility index (Phi) is 7.07. The van der Waals surface area contributed by atoms with Crippen molar-refractivity contribution in [1.82, 2.24) is 14.8 Å². The molecule has 0 amide bonds. The molecule has 5 rings (SSSR count). The summed E-state index contributed by atoms with van der Waals surface area (Å²) in [5.41, 5.74) is 6.35. The predicted molar refractivity (Wildman–Crippen MR) is 146 cm³/mol. The minimum absolute atomic E-state index is 0.713. The zero-order chi connectivity index (χ0) is 24.0. The molecule has 0 saturated heterocycles. The lowest BCUT2D eigenvalue weighted by Crippen LogP contribution is -2.00. The highest BCUT2D eigenvalue weighted by Gasteiger charge is 2.16. The second-order valence-electron chi connectivity index (χ2n) is 8.11. The van der Waals surface area contributed by atoms with Crippen molar-refractivity contribution in [2.45, 2.75) is 17.8 Å². The lowest BCUT2D eigenvalue weighted by atomic mass is 10.1. The van der Waals surface area contributed by atoms with Gasteiger partial charge in [0.15, 0.2) is 11.0 Å². The molecule has 6 heteroatoms. The Hall–Kier alpha value is -3.67. The van der Waals surface area contributed by atoms with Crippen LogP contribution in [0.25, 0.3) is 17.1 Å². The van der Waals surface area contributed by atoms with Gasteiger partial charge >= 0.3 is 0 Å². The van der Waals surface area contributed by atoms with Crippen molar-refractivity contribution in [1.29, 1.82) is 0 Å². The first-order valence-corrected chi connectivity index (χ1v) is 12.6. The lowest BCUT2D eigenvalue weighted by molar-refractivity contribution is 0.885. The summed E-state index contributed by atoms with van der Waals surface area (Å²) in [6.07, 6.45) is 1.83. The summed E-state index contributed by atoms with van der Waals surface area (Å²) in [6.45, 7) is 2.09. The average Bonchev–Trinajstić information content (AvgIpc) is 3.32. The summed E-state index contributed by atoms with van der Waals surface area (Å²) in [7, 11) is 0. The van der Waals surface area contributed by atoms with Crippen LogP contribution in [0.1, 0.15) is 16.7 Å². The van der Waals surface area contributed by atoms with Gasteiger partial charge in [0.05, 0.1) is 5.69 Å². The van der Waals surface area contributed by atoms with E-state index in [0.29, 0.717) is 5.02 Å². The molecule has 1 heterocycles. The van der Waals surface area contributed by atoms with Gasteiger partial charge in [0.1, 0.15) is 0 Å². The van der Waals surface area contributed by atoms with Gasteiger partial charge in [-0.1, -0.05) is 83.5 Å². The van der Waals surface area contributed by atoms with Crippen LogP contribution >= 0.6 is 23.4 Å². The SMILES string of the molecule is Cc1ccc(-n2c(SCc3ccccc3)nnc2-c2ccc(N=Cc3ccc(Cl)cc3)cc2)cc1. The van der Waals surface area contributed by atoms with Crippen LogP contribution in [0.2, 0.25) is 5.02 Å². The van der Waals surface area contributed by atoms with Crippen LogP contribution in [0.5, 0.6) is 0 Å². The number of hydrogen-bond acceptors (Lipinski definition) is 4. The number of aliphatic imine (C=N–C) groups is 1.